The quantitative estimate of drug-likeness (QED) is 0.0710. The minimum atomic E-state index is -0.998. The number of benzene rings is 3. The third-order valence-electron chi connectivity index (χ3n) is 13.1. The van der Waals surface area contributed by atoms with Crippen LogP contribution in [0.5, 0.6) is 0 Å². The first-order valence-corrected chi connectivity index (χ1v) is 22.9. The van der Waals surface area contributed by atoms with Gasteiger partial charge in [-0.25, -0.2) is 4.85 Å². The van der Waals surface area contributed by atoms with Crippen molar-refractivity contribution in [3.8, 4) is 0 Å². The van der Waals surface area contributed by atoms with Gasteiger partial charge in [0.1, 0.15) is 6.04 Å². The average molecular weight is 901 g/mol. The molecule has 2 saturated heterocycles. The van der Waals surface area contributed by atoms with Crippen LogP contribution in [0.25, 0.3) is 15.7 Å². The van der Waals surface area contributed by atoms with E-state index in [0.717, 1.165) is 50.3 Å². The molecular formula is C50H56N6O10. The number of H-pyrrole nitrogens is 1. The van der Waals surface area contributed by atoms with Gasteiger partial charge < -0.3 is 33.7 Å². The lowest BCUT2D eigenvalue weighted by molar-refractivity contribution is -0.136. The SMILES string of the molecule is [C-]#[N+]c1ccc2c3c([nH]c2c1)C(C)(C)c1cc(N2CCN(C(=O)CCOCCOCCOCCOCCCc4cccc5c4C(=O)N(C4CCC(=O)NC4=O)C5=O)CC2)c(CC)cc1C3=O. The Morgan fingerprint density at radius 2 is 1.50 bits per heavy atom. The Balaban J connectivity index is 0.681. The molecule has 3 aliphatic heterocycles. The van der Waals surface area contributed by atoms with Crippen molar-refractivity contribution in [3.05, 3.63) is 105 Å². The van der Waals surface area contributed by atoms with Crippen molar-refractivity contribution in [1.29, 1.82) is 0 Å². The highest BCUT2D eigenvalue weighted by Crippen LogP contribution is 2.46. The van der Waals surface area contributed by atoms with E-state index in [1.165, 1.54) is 0 Å². The van der Waals surface area contributed by atoms with E-state index in [1.54, 1.807) is 24.3 Å². The Kier molecular flexibility index (Phi) is 14.1. The summed E-state index contributed by atoms with van der Waals surface area (Å²) in [6, 6.07) is 13.8. The highest BCUT2D eigenvalue weighted by Gasteiger charge is 2.45. The van der Waals surface area contributed by atoms with Crippen LogP contribution < -0.4 is 10.2 Å². The molecule has 16 heteroatoms. The van der Waals surface area contributed by atoms with Gasteiger partial charge in [0.25, 0.3) is 11.8 Å². The van der Waals surface area contributed by atoms with Gasteiger partial charge >= 0.3 is 0 Å². The van der Waals surface area contributed by atoms with Crippen LogP contribution >= 0.6 is 0 Å². The van der Waals surface area contributed by atoms with E-state index in [4.69, 9.17) is 25.5 Å². The fourth-order valence-corrected chi connectivity index (χ4v) is 9.58. The number of ketones is 1. The second-order valence-electron chi connectivity index (χ2n) is 17.5. The highest BCUT2D eigenvalue weighted by molar-refractivity contribution is 6.24. The van der Waals surface area contributed by atoms with Crippen molar-refractivity contribution in [1.82, 2.24) is 20.1 Å². The zero-order chi connectivity index (χ0) is 46.5. The molecular weight excluding hydrogens is 845 g/mol. The predicted octanol–water partition coefficient (Wildman–Crippen LogP) is 5.29. The molecule has 8 rings (SSSR count). The number of carbonyl (C=O) groups excluding carboxylic acids is 6. The molecule has 1 atom stereocenters. The molecule has 3 aromatic carbocycles. The van der Waals surface area contributed by atoms with E-state index in [9.17, 15) is 28.8 Å². The number of nitrogens with zero attached hydrogens (tertiary/aromatic N) is 4. The smallest absolute Gasteiger partial charge is 0.262 e. The Hall–Kier alpha value is -6.25. The van der Waals surface area contributed by atoms with Crippen molar-refractivity contribution in [2.75, 3.05) is 83.9 Å². The molecule has 5 amide bonds. The number of ether oxygens (including phenoxy) is 4. The van der Waals surface area contributed by atoms with E-state index in [2.05, 4.69) is 52.9 Å². The number of hydrogen-bond donors (Lipinski definition) is 2. The number of imide groups is 2. The van der Waals surface area contributed by atoms with Crippen LogP contribution in [-0.2, 0) is 51.6 Å². The second kappa shape index (κ2) is 20.1. The van der Waals surface area contributed by atoms with Crippen molar-refractivity contribution in [2.24, 2.45) is 0 Å². The lowest BCUT2D eigenvalue weighted by Gasteiger charge is -2.39. The number of fused-ring (bicyclic) bond motifs is 5. The zero-order valence-electron chi connectivity index (χ0n) is 37.8. The normalized spacial score (nSPS) is 17.8. The molecule has 2 N–H and O–H groups in total. The van der Waals surface area contributed by atoms with E-state index in [0.29, 0.717) is 114 Å². The highest BCUT2D eigenvalue weighted by atomic mass is 16.6. The summed E-state index contributed by atoms with van der Waals surface area (Å²) in [5, 5.41) is 3.06. The minimum absolute atomic E-state index is 0.00406. The summed E-state index contributed by atoms with van der Waals surface area (Å²) in [4.78, 5) is 89.7. The number of aromatic nitrogens is 1. The number of rotatable bonds is 19. The summed E-state index contributed by atoms with van der Waals surface area (Å²) < 4.78 is 22.6. The number of hydrogen-bond acceptors (Lipinski definition) is 11. The van der Waals surface area contributed by atoms with Crippen molar-refractivity contribution in [3.63, 3.8) is 0 Å². The fraction of sp³-hybridized carbons (Fsp3) is 0.460. The van der Waals surface area contributed by atoms with Crippen LogP contribution in [-0.4, -0.2) is 135 Å². The summed E-state index contributed by atoms with van der Waals surface area (Å²) in [5.41, 5.74) is 7.62. The van der Waals surface area contributed by atoms with Crippen molar-refractivity contribution in [2.45, 2.75) is 70.8 Å². The standard InChI is InChI=1S/C50H56N6O10/c1-5-31-28-36-37(50(2,3)46-44(45(36)59)34-12-11-33(51-4)29-38(34)52-46)30-40(31)54-16-18-55(19-17-54)42(58)15-21-64-23-25-66-27-26-65-24-22-63-20-7-9-32-8-6-10-35-43(32)49(62)56(48(35)61)39-13-14-41(57)53-47(39)60/h6,8,10-12,28-30,39,52H,5,7,9,13-27H2,1-3H3,(H,53,57,60). The third-order valence-corrected chi connectivity index (χ3v) is 13.1. The summed E-state index contributed by atoms with van der Waals surface area (Å²) >= 11 is 0. The molecule has 0 radical (unpaired) electrons. The van der Waals surface area contributed by atoms with Crippen LogP contribution in [0.2, 0.25) is 0 Å². The van der Waals surface area contributed by atoms with Crippen LogP contribution in [0.4, 0.5) is 11.4 Å². The fourth-order valence-electron chi connectivity index (χ4n) is 9.58. The number of piperazine rings is 1. The van der Waals surface area contributed by atoms with E-state index in [1.807, 2.05) is 17.0 Å². The molecule has 0 saturated carbocycles. The predicted molar refractivity (Wildman–Crippen MR) is 244 cm³/mol. The maximum absolute atomic E-state index is 14.1. The first-order valence-electron chi connectivity index (χ1n) is 22.9. The third kappa shape index (κ3) is 9.26. The lowest BCUT2D eigenvalue weighted by Crippen LogP contribution is -2.54. The molecule has 0 bridgehead atoms. The van der Waals surface area contributed by atoms with Crippen LogP contribution in [0.3, 0.4) is 0 Å². The monoisotopic (exact) mass is 900 g/mol. The van der Waals surface area contributed by atoms with Gasteiger partial charge in [0.05, 0.1) is 75.9 Å². The molecule has 346 valence electrons. The summed E-state index contributed by atoms with van der Waals surface area (Å²) in [6.07, 6.45) is 2.37. The molecule has 4 aliphatic rings. The first-order chi connectivity index (χ1) is 31.9. The molecule has 1 aliphatic carbocycles. The van der Waals surface area contributed by atoms with Gasteiger partial charge in [0.2, 0.25) is 17.7 Å². The van der Waals surface area contributed by atoms with Crippen LogP contribution in [0.15, 0.2) is 48.5 Å². The molecule has 1 aromatic heterocycles. The van der Waals surface area contributed by atoms with Gasteiger partial charge in [-0.15, -0.1) is 0 Å². The van der Waals surface area contributed by atoms with Gasteiger partial charge in [-0.2, -0.15) is 0 Å². The molecule has 16 nitrogen and oxygen atoms in total. The van der Waals surface area contributed by atoms with Gasteiger partial charge in [0.15, 0.2) is 11.5 Å². The summed E-state index contributed by atoms with van der Waals surface area (Å²) in [7, 11) is 0. The Labute approximate surface area is 383 Å². The van der Waals surface area contributed by atoms with E-state index >= 15 is 0 Å². The first kappa shape index (κ1) is 46.3. The van der Waals surface area contributed by atoms with Gasteiger partial charge in [-0.1, -0.05) is 45.0 Å². The second-order valence-corrected chi connectivity index (χ2v) is 17.5. The number of aryl methyl sites for hydroxylation is 2. The Bertz CT molecular complexity index is 2600. The maximum Gasteiger partial charge on any atom is 0.262 e. The summed E-state index contributed by atoms with van der Waals surface area (Å²) in [5.74, 6) is -2.01. The number of aromatic amines is 1. The number of nitrogens with one attached hydrogen (secondary N) is 2. The number of piperidine rings is 1. The average Bonchev–Trinajstić information content (AvgIpc) is 3.84. The molecule has 2 fully saturated rings. The number of carbonyl (C=O) groups is 6. The van der Waals surface area contributed by atoms with Gasteiger partial charge in [0, 0.05) is 72.5 Å². The topological polar surface area (TPSA) is 181 Å². The maximum atomic E-state index is 14.1. The molecule has 66 heavy (non-hydrogen) atoms. The van der Waals surface area contributed by atoms with Gasteiger partial charge in [-0.05, 0) is 66.6 Å². The van der Waals surface area contributed by atoms with Gasteiger partial charge in [-0.3, -0.25) is 39.0 Å². The largest absolute Gasteiger partial charge is 0.379 e. The molecule has 0 spiro atoms. The van der Waals surface area contributed by atoms with Crippen molar-refractivity contribution >= 4 is 57.6 Å². The zero-order valence-corrected chi connectivity index (χ0v) is 37.8. The van der Waals surface area contributed by atoms with E-state index < -0.39 is 35.1 Å². The molecule has 1 unspecified atom stereocenters. The summed E-state index contributed by atoms with van der Waals surface area (Å²) in [6.45, 7) is 19.4. The van der Waals surface area contributed by atoms with E-state index in [-0.39, 0.29) is 36.5 Å². The molecule has 4 aromatic rings. The number of amides is 5. The Morgan fingerprint density at radius 1 is 0.803 bits per heavy atom. The Morgan fingerprint density at radius 3 is 2.18 bits per heavy atom. The van der Waals surface area contributed by atoms with Crippen LogP contribution in [0.1, 0.15) is 105 Å². The lowest BCUT2D eigenvalue weighted by atomic mass is 9.70. The van der Waals surface area contributed by atoms with Crippen LogP contribution in [0, 0.1) is 6.57 Å². The minimum Gasteiger partial charge on any atom is -0.379 e. The number of anilines is 1. The van der Waals surface area contributed by atoms with Crippen molar-refractivity contribution < 1.29 is 47.7 Å². The molecule has 4 heterocycles.